The molecule has 1 aliphatic heterocycles. The number of halogens is 1. The highest BCUT2D eigenvalue weighted by Crippen LogP contribution is 2.52. The van der Waals surface area contributed by atoms with E-state index in [1.165, 1.54) is 23.3 Å². The molecular weight excluding hydrogens is 434 g/mol. The maximum Gasteiger partial charge on any atom is 0.334 e. The van der Waals surface area contributed by atoms with Crippen molar-refractivity contribution in [2.45, 2.75) is 45.6 Å². The summed E-state index contributed by atoms with van der Waals surface area (Å²) in [5.41, 5.74) is -1.27. The SMILES string of the molecule is CC1=C(C(=O)O)C(CC(=O)n2ccnc2)(c2ccccc2Cl)C(C(=O)O)=C(C)N1C(C)C. The molecule has 0 aliphatic carbocycles. The van der Waals surface area contributed by atoms with E-state index in [2.05, 4.69) is 4.98 Å². The maximum absolute atomic E-state index is 13.3. The van der Waals surface area contributed by atoms with Crippen LogP contribution in [0.5, 0.6) is 0 Å². The second kappa shape index (κ2) is 8.63. The molecule has 3 rings (SSSR count). The smallest absolute Gasteiger partial charge is 0.334 e. The third-order valence-electron chi connectivity index (χ3n) is 5.79. The lowest BCUT2D eigenvalue weighted by atomic mass is 9.63. The van der Waals surface area contributed by atoms with Crippen LogP contribution >= 0.6 is 11.6 Å². The molecular formula is C23H24ClN3O5. The summed E-state index contributed by atoms with van der Waals surface area (Å²) in [6.07, 6.45) is 3.68. The largest absolute Gasteiger partial charge is 0.478 e. The Hall–Kier alpha value is -3.39. The Morgan fingerprint density at radius 1 is 1.06 bits per heavy atom. The molecule has 0 bridgehead atoms. The van der Waals surface area contributed by atoms with Gasteiger partial charge in [-0.05, 0) is 39.3 Å². The molecule has 0 unspecified atom stereocenters. The van der Waals surface area contributed by atoms with Crippen molar-refractivity contribution >= 4 is 29.4 Å². The van der Waals surface area contributed by atoms with Crippen LogP contribution in [0.2, 0.25) is 5.02 Å². The molecule has 0 atom stereocenters. The number of carbonyl (C=O) groups excluding carboxylic acids is 1. The van der Waals surface area contributed by atoms with Crippen LogP contribution in [0.15, 0.2) is 65.5 Å². The molecule has 168 valence electrons. The van der Waals surface area contributed by atoms with Crippen LogP contribution < -0.4 is 0 Å². The van der Waals surface area contributed by atoms with Gasteiger partial charge < -0.3 is 15.1 Å². The normalized spacial score (nSPS) is 16.0. The van der Waals surface area contributed by atoms with Gasteiger partial charge >= 0.3 is 11.9 Å². The zero-order chi connectivity index (χ0) is 23.8. The average Bonchev–Trinajstić information content (AvgIpc) is 3.22. The molecule has 2 N–H and O–H groups in total. The quantitative estimate of drug-likeness (QED) is 0.675. The summed E-state index contributed by atoms with van der Waals surface area (Å²) in [4.78, 5) is 44.2. The number of nitrogens with zero attached hydrogens (tertiary/aromatic N) is 3. The van der Waals surface area contributed by atoms with Crippen molar-refractivity contribution in [1.29, 1.82) is 0 Å². The minimum atomic E-state index is -1.82. The topological polar surface area (TPSA) is 113 Å². The third-order valence-corrected chi connectivity index (χ3v) is 6.12. The summed E-state index contributed by atoms with van der Waals surface area (Å²) in [5.74, 6) is -3.16. The van der Waals surface area contributed by atoms with E-state index in [9.17, 15) is 24.6 Å². The van der Waals surface area contributed by atoms with Gasteiger partial charge in [0, 0.05) is 41.3 Å². The molecule has 1 aromatic heterocycles. The molecule has 0 saturated heterocycles. The number of allylic oxidation sites excluding steroid dienone is 2. The molecule has 0 spiro atoms. The summed E-state index contributed by atoms with van der Waals surface area (Å²) >= 11 is 6.51. The Bertz CT molecular complexity index is 1110. The first-order valence-corrected chi connectivity index (χ1v) is 10.4. The third kappa shape index (κ3) is 3.60. The van der Waals surface area contributed by atoms with Crippen LogP contribution in [-0.2, 0) is 15.0 Å². The van der Waals surface area contributed by atoms with Gasteiger partial charge in [-0.15, -0.1) is 0 Å². The fraction of sp³-hybridized carbons (Fsp3) is 0.304. The highest BCUT2D eigenvalue weighted by Gasteiger charge is 2.54. The number of hydrogen-bond acceptors (Lipinski definition) is 5. The van der Waals surface area contributed by atoms with Crippen molar-refractivity contribution < 1.29 is 24.6 Å². The average molecular weight is 458 g/mol. The van der Waals surface area contributed by atoms with Gasteiger partial charge in [0.2, 0.25) is 5.91 Å². The van der Waals surface area contributed by atoms with E-state index < -0.39 is 29.7 Å². The van der Waals surface area contributed by atoms with E-state index >= 15 is 0 Å². The first-order chi connectivity index (χ1) is 15.0. The van der Waals surface area contributed by atoms with Gasteiger partial charge in [-0.2, -0.15) is 0 Å². The Morgan fingerprint density at radius 2 is 1.62 bits per heavy atom. The van der Waals surface area contributed by atoms with E-state index in [-0.39, 0.29) is 27.8 Å². The lowest BCUT2D eigenvalue weighted by molar-refractivity contribution is -0.134. The van der Waals surface area contributed by atoms with E-state index in [0.717, 1.165) is 0 Å². The Labute approximate surface area is 190 Å². The van der Waals surface area contributed by atoms with Crippen LogP contribution in [0.4, 0.5) is 0 Å². The monoisotopic (exact) mass is 457 g/mol. The van der Waals surface area contributed by atoms with Crippen LogP contribution in [0, 0.1) is 0 Å². The predicted molar refractivity (Wildman–Crippen MR) is 118 cm³/mol. The number of carboxylic acids is 2. The highest BCUT2D eigenvalue weighted by atomic mass is 35.5. The van der Waals surface area contributed by atoms with Gasteiger partial charge in [0.05, 0.1) is 16.6 Å². The van der Waals surface area contributed by atoms with E-state index in [1.807, 2.05) is 13.8 Å². The second-order valence-corrected chi connectivity index (χ2v) is 8.33. The molecule has 8 nitrogen and oxygen atoms in total. The second-order valence-electron chi connectivity index (χ2n) is 7.92. The number of carbonyl (C=O) groups is 3. The molecule has 1 aliphatic rings. The lowest BCUT2D eigenvalue weighted by Crippen LogP contribution is -2.48. The van der Waals surface area contributed by atoms with Crippen LogP contribution in [-0.4, -0.2) is 48.6 Å². The molecule has 0 saturated carbocycles. The molecule has 1 aromatic carbocycles. The Kier molecular flexibility index (Phi) is 6.27. The predicted octanol–water partition coefficient (Wildman–Crippen LogP) is 3.95. The van der Waals surface area contributed by atoms with Gasteiger partial charge in [-0.25, -0.2) is 14.6 Å². The van der Waals surface area contributed by atoms with Gasteiger partial charge in [0.1, 0.15) is 6.33 Å². The molecule has 0 radical (unpaired) electrons. The van der Waals surface area contributed by atoms with Crippen molar-refractivity contribution in [2.24, 2.45) is 0 Å². The van der Waals surface area contributed by atoms with Crippen LogP contribution in [0.25, 0.3) is 0 Å². The lowest BCUT2D eigenvalue weighted by Gasteiger charge is -2.46. The minimum Gasteiger partial charge on any atom is -0.478 e. The summed E-state index contributed by atoms with van der Waals surface area (Å²) in [7, 11) is 0. The summed E-state index contributed by atoms with van der Waals surface area (Å²) in [6, 6.07) is 6.21. The molecule has 0 amide bonds. The van der Waals surface area contributed by atoms with Crippen molar-refractivity contribution in [3.05, 3.63) is 76.1 Å². The molecule has 9 heteroatoms. The van der Waals surface area contributed by atoms with Crippen molar-refractivity contribution in [3.63, 3.8) is 0 Å². The van der Waals surface area contributed by atoms with Crippen molar-refractivity contribution in [1.82, 2.24) is 14.5 Å². The molecule has 0 fully saturated rings. The summed E-state index contributed by atoms with van der Waals surface area (Å²) in [6.45, 7) is 6.92. The number of benzene rings is 1. The van der Waals surface area contributed by atoms with E-state index in [4.69, 9.17) is 11.6 Å². The summed E-state index contributed by atoms with van der Waals surface area (Å²) < 4.78 is 1.21. The van der Waals surface area contributed by atoms with Crippen molar-refractivity contribution in [2.75, 3.05) is 0 Å². The highest BCUT2D eigenvalue weighted by molar-refractivity contribution is 6.31. The first-order valence-electron chi connectivity index (χ1n) is 9.98. The number of carboxylic acid groups (broad SMARTS) is 2. The number of aliphatic carboxylic acids is 2. The van der Waals surface area contributed by atoms with Gasteiger partial charge in [-0.3, -0.25) is 9.36 Å². The van der Waals surface area contributed by atoms with E-state index in [0.29, 0.717) is 11.4 Å². The van der Waals surface area contributed by atoms with Gasteiger partial charge in [-0.1, -0.05) is 29.8 Å². The van der Waals surface area contributed by atoms with Crippen LogP contribution in [0.3, 0.4) is 0 Å². The minimum absolute atomic E-state index is 0.169. The van der Waals surface area contributed by atoms with Gasteiger partial charge in [0.15, 0.2) is 0 Å². The zero-order valence-corrected chi connectivity index (χ0v) is 18.9. The number of imidazole rings is 1. The standard InChI is InChI=1S/C23H24ClN3O5/c1-13(2)27-14(3)19(21(29)30)23(20(15(27)4)22(31)32,16-7-5-6-8-17(16)24)11-18(28)26-10-9-25-12-26/h5-10,12-13H,11H2,1-4H3,(H,29,30)(H,31,32). The number of hydrogen-bond donors (Lipinski definition) is 2. The summed E-state index contributed by atoms with van der Waals surface area (Å²) in [5, 5.41) is 20.9. The fourth-order valence-electron chi connectivity index (χ4n) is 4.76. The van der Waals surface area contributed by atoms with E-state index in [1.54, 1.807) is 43.0 Å². The maximum atomic E-state index is 13.3. The fourth-order valence-corrected chi connectivity index (χ4v) is 5.05. The Morgan fingerprint density at radius 3 is 2.06 bits per heavy atom. The molecule has 32 heavy (non-hydrogen) atoms. The molecule has 2 aromatic rings. The van der Waals surface area contributed by atoms with Crippen molar-refractivity contribution in [3.8, 4) is 0 Å². The first kappa shape index (κ1) is 23.3. The van der Waals surface area contributed by atoms with Crippen LogP contribution in [0.1, 0.15) is 44.5 Å². The Balaban J connectivity index is 2.48. The zero-order valence-electron chi connectivity index (χ0n) is 18.2. The number of rotatable bonds is 6. The van der Waals surface area contributed by atoms with Gasteiger partial charge in [0.25, 0.3) is 0 Å². The number of aromatic nitrogens is 2. The molecule has 2 heterocycles.